The third kappa shape index (κ3) is 4.11. The highest BCUT2D eigenvalue weighted by Crippen LogP contribution is 2.17. The van der Waals surface area contributed by atoms with Crippen LogP contribution in [0, 0.1) is 0 Å². The highest BCUT2D eigenvalue weighted by molar-refractivity contribution is 7.99. The van der Waals surface area contributed by atoms with Gasteiger partial charge in [-0.3, -0.25) is 0 Å². The van der Waals surface area contributed by atoms with Gasteiger partial charge in [0.25, 0.3) is 0 Å². The van der Waals surface area contributed by atoms with E-state index in [1.54, 1.807) is 0 Å². The maximum absolute atomic E-state index is 5.52. The highest BCUT2D eigenvalue weighted by atomic mass is 32.2. The van der Waals surface area contributed by atoms with Crippen molar-refractivity contribution >= 4 is 11.8 Å². The summed E-state index contributed by atoms with van der Waals surface area (Å²) in [5, 5.41) is 1.10. The van der Waals surface area contributed by atoms with Gasteiger partial charge in [-0.1, -0.05) is 25.8 Å². The molecule has 0 amide bonds. The summed E-state index contributed by atoms with van der Waals surface area (Å²) in [6, 6.07) is 6.04. The van der Waals surface area contributed by atoms with Crippen LogP contribution >= 0.6 is 11.8 Å². The Bertz CT molecular complexity index is 263. The summed E-state index contributed by atoms with van der Waals surface area (Å²) in [5.74, 6) is 1.16. The molecule has 0 bridgehead atoms. The molecule has 0 aromatic carbocycles. The third-order valence-electron chi connectivity index (χ3n) is 1.99. The maximum atomic E-state index is 5.52. The number of nitrogens with zero attached hydrogens (tertiary/aromatic N) is 1. The van der Waals surface area contributed by atoms with E-state index in [1.165, 1.54) is 19.3 Å². The van der Waals surface area contributed by atoms with E-state index in [-0.39, 0.29) is 0 Å². The van der Waals surface area contributed by atoms with Gasteiger partial charge in [0.2, 0.25) is 0 Å². The molecule has 14 heavy (non-hydrogen) atoms. The highest BCUT2D eigenvalue weighted by Gasteiger charge is 1.96. The van der Waals surface area contributed by atoms with Gasteiger partial charge in [-0.25, -0.2) is 4.98 Å². The lowest BCUT2D eigenvalue weighted by molar-refractivity contribution is 0.778. The number of pyridine rings is 1. The van der Waals surface area contributed by atoms with Crippen molar-refractivity contribution in [3.05, 3.63) is 23.9 Å². The normalized spacial score (nSPS) is 10.4. The van der Waals surface area contributed by atoms with Crippen molar-refractivity contribution in [1.82, 2.24) is 4.98 Å². The molecule has 1 rings (SSSR count). The largest absolute Gasteiger partial charge is 0.325 e. The Labute approximate surface area is 90.3 Å². The molecule has 0 unspecified atom stereocenters. The van der Waals surface area contributed by atoms with Gasteiger partial charge in [0.1, 0.15) is 0 Å². The lowest BCUT2D eigenvalue weighted by Gasteiger charge is -2.02. The summed E-state index contributed by atoms with van der Waals surface area (Å²) in [7, 11) is 0. The van der Waals surface area contributed by atoms with Gasteiger partial charge in [0.05, 0.1) is 10.7 Å². The first-order valence-corrected chi connectivity index (χ1v) is 6.14. The van der Waals surface area contributed by atoms with Gasteiger partial charge >= 0.3 is 0 Å². The average molecular weight is 210 g/mol. The molecular weight excluding hydrogens is 192 g/mol. The Hall–Kier alpha value is -0.540. The molecule has 0 spiro atoms. The molecule has 3 heteroatoms. The minimum Gasteiger partial charge on any atom is -0.325 e. The number of hydrogen-bond acceptors (Lipinski definition) is 3. The summed E-state index contributed by atoms with van der Waals surface area (Å²) >= 11 is 1.82. The van der Waals surface area contributed by atoms with Gasteiger partial charge in [-0.15, -0.1) is 11.8 Å². The van der Waals surface area contributed by atoms with E-state index in [4.69, 9.17) is 5.73 Å². The summed E-state index contributed by atoms with van der Waals surface area (Å²) in [5.41, 5.74) is 6.50. The van der Waals surface area contributed by atoms with Gasteiger partial charge < -0.3 is 5.73 Å². The second-order valence-corrected chi connectivity index (χ2v) is 4.34. The lowest BCUT2D eigenvalue weighted by atomic mass is 10.3. The van der Waals surface area contributed by atoms with E-state index in [2.05, 4.69) is 18.0 Å². The maximum Gasteiger partial charge on any atom is 0.0963 e. The molecule has 1 aromatic rings. The van der Waals surface area contributed by atoms with Crippen LogP contribution in [0.5, 0.6) is 0 Å². The van der Waals surface area contributed by atoms with Crippen molar-refractivity contribution in [2.24, 2.45) is 5.73 Å². The molecule has 2 N–H and O–H groups in total. The number of rotatable bonds is 6. The molecule has 0 saturated carbocycles. The molecular formula is C11H18N2S. The number of unbranched alkanes of at least 4 members (excludes halogenated alkanes) is 2. The van der Waals surface area contributed by atoms with Crippen LogP contribution in [0.3, 0.4) is 0 Å². The Kier molecular flexibility index (Phi) is 5.64. The Morgan fingerprint density at radius 2 is 2.21 bits per heavy atom. The van der Waals surface area contributed by atoms with Crippen LogP contribution in [0.4, 0.5) is 0 Å². The molecule has 1 heterocycles. The van der Waals surface area contributed by atoms with Crippen LogP contribution in [-0.2, 0) is 6.54 Å². The second kappa shape index (κ2) is 6.85. The van der Waals surface area contributed by atoms with E-state index in [9.17, 15) is 0 Å². The number of aromatic nitrogens is 1. The first kappa shape index (κ1) is 11.5. The predicted octanol–water partition coefficient (Wildman–Crippen LogP) is 2.82. The van der Waals surface area contributed by atoms with Crippen LogP contribution < -0.4 is 5.73 Å². The fourth-order valence-electron chi connectivity index (χ4n) is 1.18. The monoisotopic (exact) mass is 210 g/mol. The van der Waals surface area contributed by atoms with Gasteiger partial charge in [0.15, 0.2) is 0 Å². The van der Waals surface area contributed by atoms with Gasteiger partial charge in [-0.2, -0.15) is 0 Å². The van der Waals surface area contributed by atoms with E-state index in [0.717, 1.165) is 16.5 Å². The fraction of sp³-hybridized carbons (Fsp3) is 0.545. The molecule has 0 saturated heterocycles. The van der Waals surface area contributed by atoms with Crippen molar-refractivity contribution in [3.63, 3.8) is 0 Å². The van der Waals surface area contributed by atoms with E-state index in [0.29, 0.717) is 6.54 Å². The van der Waals surface area contributed by atoms with Crippen LogP contribution in [-0.4, -0.2) is 10.7 Å². The number of hydrogen-bond donors (Lipinski definition) is 1. The minimum absolute atomic E-state index is 0.531. The van der Waals surface area contributed by atoms with Crippen molar-refractivity contribution < 1.29 is 0 Å². The number of nitrogens with two attached hydrogens (primary N) is 1. The molecule has 1 aromatic heterocycles. The van der Waals surface area contributed by atoms with Gasteiger partial charge in [-0.05, 0) is 24.3 Å². The first-order valence-electron chi connectivity index (χ1n) is 5.15. The molecule has 0 aliphatic carbocycles. The van der Waals surface area contributed by atoms with Crippen molar-refractivity contribution in [2.45, 2.75) is 37.8 Å². The standard InChI is InChI=1S/C11H18N2S/c1-2-3-4-8-14-11-7-5-6-10(9-12)13-11/h5-7H,2-4,8-9,12H2,1H3. The third-order valence-corrected chi connectivity index (χ3v) is 3.00. The predicted molar refractivity (Wildman–Crippen MR) is 62.4 cm³/mol. The average Bonchev–Trinajstić information content (AvgIpc) is 2.25. The Morgan fingerprint density at radius 3 is 2.93 bits per heavy atom. The summed E-state index contributed by atoms with van der Waals surface area (Å²) in [4.78, 5) is 4.43. The zero-order valence-electron chi connectivity index (χ0n) is 8.70. The van der Waals surface area contributed by atoms with Crippen molar-refractivity contribution in [2.75, 3.05) is 5.75 Å². The van der Waals surface area contributed by atoms with Crippen molar-refractivity contribution in [1.29, 1.82) is 0 Å². The summed E-state index contributed by atoms with van der Waals surface area (Å²) in [6.45, 7) is 2.75. The van der Waals surface area contributed by atoms with Crippen LogP contribution in [0.1, 0.15) is 31.9 Å². The van der Waals surface area contributed by atoms with Crippen molar-refractivity contribution in [3.8, 4) is 0 Å². The zero-order chi connectivity index (χ0) is 10.2. The Morgan fingerprint density at radius 1 is 1.36 bits per heavy atom. The zero-order valence-corrected chi connectivity index (χ0v) is 9.52. The fourth-order valence-corrected chi connectivity index (χ4v) is 2.09. The Balaban J connectivity index is 2.34. The molecule has 78 valence electrons. The van der Waals surface area contributed by atoms with Crippen LogP contribution in [0.25, 0.3) is 0 Å². The summed E-state index contributed by atoms with van der Waals surface area (Å²) < 4.78 is 0. The summed E-state index contributed by atoms with van der Waals surface area (Å²) in [6.07, 6.45) is 3.86. The van der Waals surface area contributed by atoms with Gasteiger partial charge in [0, 0.05) is 6.54 Å². The molecule has 2 nitrogen and oxygen atoms in total. The smallest absolute Gasteiger partial charge is 0.0963 e. The lowest BCUT2D eigenvalue weighted by Crippen LogP contribution is -1.99. The van der Waals surface area contributed by atoms with Crippen LogP contribution in [0.2, 0.25) is 0 Å². The quantitative estimate of drug-likeness (QED) is 0.579. The molecule has 0 aliphatic rings. The topological polar surface area (TPSA) is 38.9 Å². The minimum atomic E-state index is 0.531. The molecule has 0 aliphatic heterocycles. The SMILES string of the molecule is CCCCCSc1cccc(CN)n1. The second-order valence-electron chi connectivity index (χ2n) is 3.23. The molecule has 0 radical (unpaired) electrons. The molecule has 0 fully saturated rings. The molecule has 0 atom stereocenters. The van der Waals surface area contributed by atoms with E-state index in [1.807, 2.05) is 23.9 Å². The number of thioether (sulfide) groups is 1. The first-order chi connectivity index (χ1) is 6.86. The van der Waals surface area contributed by atoms with E-state index < -0.39 is 0 Å². The van der Waals surface area contributed by atoms with Crippen LogP contribution in [0.15, 0.2) is 23.2 Å². The van der Waals surface area contributed by atoms with E-state index >= 15 is 0 Å².